The molecule has 2 saturated heterocycles. The van der Waals surface area contributed by atoms with Crippen LogP contribution in [0.4, 0.5) is 0 Å². The third kappa shape index (κ3) is 11.4. The fraction of sp³-hybridized carbons (Fsp3) is 0.931. The summed E-state index contributed by atoms with van der Waals surface area (Å²) in [7, 11) is 1.81. The van der Waals surface area contributed by atoms with Crippen molar-refractivity contribution >= 4 is 11.9 Å². The number of hydrogen-bond donors (Lipinski definition) is 6. The highest BCUT2D eigenvalue weighted by Crippen LogP contribution is 2.32. The smallest absolute Gasteiger partial charge is 0.200 e. The van der Waals surface area contributed by atoms with Crippen molar-refractivity contribution in [2.75, 3.05) is 33.3 Å². The summed E-state index contributed by atoms with van der Waals surface area (Å²) in [6, 6.07) is 0.919. The first-order valence-electron chi connectivity index (χ1n) is 14.8. The van der Waals surface area contributed by atoms with Crippen LogP contribution in [-0.4, -0.2) is 89.5 Å². The van der Waals surface area contributed by atoms with E-state index in [9.17, 15) is 0 Å². The number of unbranched alkanes of at least 4 members (excludes halogenated alkanes) is 3. The van der Waals surface area contributed by atoms with Gasteiger partial charge >= 0.3 is 0 Å². The summed E-state index contributed by atoms with van der Waals surface area (Å²) in [6.45, 7) is 20.6. The lowest BCUT2D eigenvalue weighted by molar-refractivity contribution is 0.101. The van der Waals surface area contributed by atoms with Gasteiger partial charge < -0.3 is 31.7 Å². The van der Waals surface area contributed by atoms with E-state index in [0.29, 0.717) is 18.0 Å². The summed E-state index contributed by atoms with van der Waals surface area (Å²) < 4.78 is 0. The van der Waals surface area contributed by atoms with Gasteiger partial charge in [0.25, 0.3) is 0 Å². The maximum atomic E-state index is 9.11. The molecule has 0 saturated carbocycles. The van der Waals surface area contributed by atoms with E-state index in [1.807, 2.05) is 0 Å². The lowest BCUT2D eigenvalue weighted by Gasteiger charge is -2.50. The van der Waals surface area contributed by atoms with Crippen molar-refractivity contribution in [2.45, 2.75) is 141 Å². The fourth-order valence-corrected chi connectivity index (χ4v) is 7.06. The quantitative estimate of drug-likeness (QED) is 0.136. The van der Waals surface area contributed by atoms with E-state index < -0.39 is 0 Å². The van der Waals surface area contributed by atoms with Gasteiger partial charge in [0, 0.05) is 47.8 Å². The largest absolute Gasteiger partial charge is 0.394 e. The Morgan fingerprint density at radius 3 is 1.92 bits per heavy atom. The van der Waals surface area contributed by atoms with Gasteiger partial charge in [-0.05, 0) is 100 Å². The number of rotatable bonds is 11. The molecule has 222 valence electrons. The Morgan fingerprint density at radius 2 is 1.39 bits per heavy atom. The van der Waals surface area contributed by atoms with E-state index in [-0.39, 0.29) is 35.3 Å². The molecule has 38 heavy (non-hydrogen) atoms. The molecule has 0 aromatic heterocycles. The van der Waals surface area contributed by atoms with E-state index in [1.54, 1.807) is 7.05 Å². The average Bonchev–Trinajstić information content (AvgIpc) is 2.74. The van der Waals surface area contributed by atoms with E-state index in [1.165, 1.54) is 32.1 Å². The summed E-state index contributed by atoms with van der Waals surface area (Å²) in [4.78, 5) is 11.2. The zero-order valence-corrected chi connectivity index (χ0v) is 26.0. The predicted octanol–water partition coefficient (Wildman–Crippen LogP) is 2.94. The molecule has 2 fully saturated rings. The van der Waals surface area contributed by atoms with Crippen molar-refractivity contribution in [3.8, 4) is 0 Å². The Hall–Kier alpha value is -1.42. The maximum absolute atomic E-state index is 9.11. The molecule has 2 aliphatic heterocycles. The van der Waals surface area contributed by atoms with Crippen molar-refractivity contribution in [3.05, 3.63) is 0 Å². The molecule has 2 aliphatic rings. The van der Waals surface area contributed by atoms with E-state index in [4.69, 9.17) is 10.8 Å². The lowest BCUT2D eigenvalue weighted by atomic mass is 9.79. The molecule has 0 aromatic rings. The number of nitrogens with one attached hydrogen (secondary N) is 4. The molecule has 0 spiro atoms. The molecule has 0 radical (unpaired) electrons. The number of aliphatic hydroxyl groups is 1. The average molecular weight is 537 g/mol. The van der Waals surface area contributed by atoms with Crippen molar-refractivity contribution in [1.82, 2.24) is 26.2 Å². The SMILES string of the molecule is CN=C(NC(N)=NCCO)N(CCCCCCNC1CC(C)(C)NC(C)(C)C1)C1CC(C)(C)NC(C)(C)C1. The molecule has 9 heteroatoms. The Balaban J connectivity index is 1.92. The summed E-state index contributed by atoms with van der Waals surface area (Å²) in [6.07, 6.45) is 9.10. The van der Waals surface area contributed by atoms with Crippen LogP contribution in [0, 0.1) is 0 Å². The van der Waals surface area contributed by atoms with Crippen LogP contribution in [0.2, 0.25) is 0 Å². The molecular weight excluding hydrogens is 476 g/mol. The van der Waals surface area contributed by atoms with Gasteiger partial charge in [0.1, 0.15) is 0 Å². The second kappa shape index (κ2) is 13.8. The molecule has 7 N–H and O–H groups in total. The Kier molecular flexibility index (Phi) is 11.9. The van der Waals surface area contributed by atoms with Crippen LogP contribution in [-0.2, 0) is 0 Å². The van der Waals surface area contributed by atoms with E-state index >= 15 is 0 Å². The number of piperidine rings is 2. The summed E-state index contributed by atoms with van der Waals surface area (Å²) in [5.74, 6) is 1.06. The van der Waals surface area contributed by atoms with Crippen LogP contribution in [0.15, 0.2) is 9.98 Å². The van der Waals surface area contributed by atoms with Crippen LogP contribution < -0.4 is 27.0 Å². The zero-order chi connectivity index (χ0) is 28.6. The van der Waals surface area contributed by atoms with Gasteiger partial charge in [-0.1, -0.05) is 12.8 Å². The van der Waals surface area contributed by atoms with Gasteiger partial charge in [0.05, 0.1) is 13.2 Å². The molecule has 0 amide bonds. The molecule has 0 unspecified atom stereocenters. The second-order valence-corrected chi connectivity index (χ2v) is 14.2. The first-order chi connectivity index (χ1) is 17.6. The molecule has 0 aliphatic carbocycles. The highest BCUT2D eigenvalue weighted by molar-refractivity contribution is 5.98. The topological polar surface area (TPSA) is 122 Å². The summed E-state index contributed by atoms with van der Waals surface area (Å²) >= 11 is 0. The van der Waals surface area contributed by atoms with Crippen molar-refractivity contribution in [2.24, 2.45) is 15.7 Å². The first kappa shape index (κ1) is 32.8. The minimum absolute atomic E-state index is 0.0244. The fourth-order valence-electron chi connectivity index (χ4n) is 7.06. The van der Waals surface area contributed by atoms with Crippen LogP contribution >= 0.6 is 0 Å². The maximum Gasteiger partial charge on any atom is 0.200 e. The zero-order valence-electron chi connectivity index (χ0n) is 26.0. The van der Waals surface area contributed by atoms with Gasteiger partial charge in [-0.2, -0.15) is 0 Å². The molecule has 2 heterocycles. The Labute approximate surface area is 233 Å². The third-order valence-electron chi connectivity index (χ3n) is 7.66. The van der Waals surface area contributed by atoms with Crippen LogP contribution in [0.25, 0.3) is 0 Å². The molecular formula is C29H60N8O. The predicted molar refractivity (Wildman–Crippen MR) is 162 cm³/mol. The standard InChI is InChI=1S/C29H60N8O/c1-26(2)18-22(19-27(3,4)35-26)32-14-12-10-11-13-16-37(25(31-9)34-24(30)33-15-17-38)23-20-28(5,6)36-29(7,8)21-23/h22-23,32,35-36,38H,10-21H2,1-9H3,(H3,30,31,33,34). The van der Waals surface area contributed by atoms with Crippen LogP contribution in [0.1, 0.15) is 107 Å². The minimum Gasteiger partial charge on any atom is -0.394 e. The molecule has 0 bridgehead atoms. The highest BCUT2D eigenvalue weighted by atomic mass is 16.3. The van der Waals surface area contributed by atoms with Crippen molar-refractivity contribution < 1.29 is 5.11 Å². The number of aliphatic imine (C=N–C) groups is 2. The normalized spacial score (nSPS) is 23.8. The number of guanidine groups is 2. The molecule has 2 rings (SSSR count). The molecule has 0 aromatic carbocycles. The number of nitrogens with zero attached hydrogens (tertiary/aromatic N) is 3. The van der Waals surface area contributed by atoms with Crippen LogP contribution in [0.3, 0.4) is 0 Å². The van der Waals surface area contributed by atoms with Crippen LogP contribution in [0.5, 0.6) is 0 Å². The lowest BCUT2D eigenvalue weighted by Crippen LogP contribution is -2.64. The summed E-state index contributed by atoms with van der Waals surface area (Å²) in [5.41, 5.74) is 6.53. The molecule has 9 nitrogen and oxygen atoms in total. The van der Waals surface area contributed by atoms with E-state index in [2.05, 4.69) is 91.5 Å². The number of hydrogen-bond acceptors (Lipinski definition) is 6. The number of nitrogens with two attached hydrogens (primary N) is 1. The Bertz CT molecular complexity index is 757. The highest BCUT2D eigenvalue weighted by Gasteiger charge is 2.41. The van der Waals surface area contributed by atoms with Gasteiger partial charge in [0.2, 0.25) is 5.96 Å². The summed E-state index contributed by atoms with van der Waals surface area (Å²) in [5, 5.41) is 23.7. The Morgan fingerprint density at radius 1 is 0.868 bits per heavy atom. The monoisotopic (exact) mass is 536 g/mol. The van der Waals surface area contributed by atoms with Gasteiger partial charge in [-0.15, -0.1) is 0 Å². The number of aliphatic hydroxyl groups excluding tert-OH is 1. The second-order valence-electron chi connectivity index (χ2n) is 14.2. The molecule has 0 atom stereocenters. The van der Waals surface area contributed by atoms with Crippen molar-refractivity contribution in [1.29, 1.82) is 0 Å². The van der Waals surface area contributed by atoms with Crippen molar-refractivity contribution in [3.63, 3.8) is 0 Å². The minimum atomic E-state index is -0.0244. The van der Waals surface area contributed by atoms with Gasteiger partial charge in [-0.3, -0.25) is 15.3 Å². The first-order valence-corrected chi connectivity index (χ1v) is 14.8. The van der Waals surface area contributed by atoms with Gasteiger partial charge in [-0.25, -0.2) is 0 Å². The van der Waals surface area contributed by atoms with Gasteiger partial charge in [0.15, 0.2) is 5.96 Å². The van der Waals surface area contributed by atoms with E-state index in [0.717, 1.165) is 38.3 Å². The third-order valence-corrected chi connectivity index (χ3v) is 7.66.